The molecule has 90 valence electrons. The van der Waals surface area contributed by atoms with Crippen LogP contribution in [0.1, 0.15) is 5.56 Å². The van der Waals surface area contributed by atoms with Gasteiger partial charge in [-0.2, -0.15) is 0 Å². The quantitative estimate of drug-likeness (QED) is 0.786. The molecule has 0 radical (unpaired) electrons. The highest BCUT2D eigenvalue weighted by atomic mass is 16.5. The lowest BCUT2D eigenvalue weighted by Crippen LogP contribution is -2.25. The third-order valence-electron chi connectivity index (χ3n) is 2.45. The van der Waals surface area contributed by atoms with E-state index in [1.807, 2.05) is 25.2 Å². The van der Waals surface area contributed by atoms with Crippen molar-refractivity contribution < 1.29 is 9.47 Å². The van der Waals surface area contributed by atoms with Crippen molar-refractivity contribution in [2.45, 2.75) is 6.54 Å². The molecule has 0 spiro atoms. The molecule has 1 aromatic rings. The van der Waals surface area contributed by atoms with E-state index in [1.54, 1.807) is 14.2 Å². The van der Waals surface area contributed by atoms with Crippen LogP contribution < -0.4 is 15.2 Å². The van der Waals surface area contributed by atoms with Crippen molar-refractivity contribution in [1.29, 1.82) is 0 Å². The summed E-state index contributed by atoms with van der Waals surface area (Å²) in [6.45, 7) is 2.36. The zero-order valence-electron chi connectivity index (χ0n) is 10.2. The van der Waals surface area contributed by atoms with Crippen molar-refractivity contribution in [3.8, 4) is 11.5 Å². The van der Waals surface area contributed by atoms with E-state index < -0.39 is 0 Å². The number of nitrogens with zero attached hydrogens (tertiary/aromatic N) is 1. The van der Waals surface area contributed by atoms with Crippen molar-refractivity contribution >= 4 is 0 Å². The van der Waals surface area contributed by atoms with E-state index in [1.165, 1.54) is 0 Å². The molecule has 0 unspecified atom stereocenters. The normalized spacial score (nSPS) is 10.6. The van der Waals surface area contributed by atoms with E-state index in [9.17, 15) is 0 Å². The maximum absolute atomic E-state index is 5.51. The number of likely N-dealkylation sites (N-methyl/N-ethyl adjacent to an activating group) is 1. The summed E-state index contributed by atoms with van der Waals surface area (Å²) in [6, 6.07) is 5.85. The summed E-state index contributed by atoms with van der Waals surface area (Å²) in [4.78, 5) is 2.16. The standard InChI is InChI=1S/C12H20N2O2/c1-14(7-6-13)9-10-4-5-11(15-2)8-12(10)16-3/h4-5,8H,6-7,9,13H2,1-3H3. The number of benzene rings is 1. The van der Waals surface area contributed by atoms with Gasteiger partial charge in [-0.1, -0.05) is 6.07 Å². The molecular weight excluding hydrogens is 204 g/mol. The van der Waals surface area contributed by atoms with Crippen LogP contribution in [0.15, 0.2) is 18.2 Å². The Balaban J connectivity index is 2.78. The van der Waals surface area contributed by atoms with Gasteiger partial charge in [0.15, 0.2) is 0 Å². The van der Waals surface area contributed by atoms with Gasteiger partial charge in [0.05, 0.1) is 14.2 Å². The predicted octanol–water partition coefficient (Wildman–Crippen LogP) is 1.09. The molecule has 4 nitrogen and oxygen atoms in total. The van der Waals surface area contributed by atoms with Crippen LogP contribution in [0.4, 0.5) is 0 Å². The Bertz CT molecular complexity index is 329. The average Bonchev–Trinajstić information content (AvgIpc) is 2.30. The topological polar surface area (TPSA) is 47.7 Å². The highest BCUT2D eigenvalue weighted by Crippen LogP contribution is 2.25. The van der Waals surface area contributed by atoms with Crippen LogP contribution in [0.5, 0.6) is 11.5 Å². The van der Waals surface area contributed by atoms with Crippen molar-refractivity contribution in [1.82, 2.24) is 4.90 Å². The Hall–Kier alpha value is -1.26. The number of hydrogen-bond donors (Lipinski definition) is 1. The van der Waals surface area contributed by atoms with E-state index >= 15 is 0 Å². The minimum Gasteiger partial charge on any atom is -0.497 e. The van der Waals surface area contributed by atoms with Gasteiger partial charge >= 0.3 is 0 Å². The zero-order valence-corrected chi connectivity index (χ0v) is 10.2. The lowest BCUT2D eigenvalue weighted by Gasteiger charge is -2.17. The molecule has 0 bridgehead atoms. The average molecular weight is 224 g/mol. The van der Waals surface area contributed by atoms with Gasteiger partial charge in [0, 0.05) is 31.3 Å². The van der Waals surface area contributed by atoms with Crippen LogP contribution >= 0.6 is 0 Å². The molecule has 1 rings (SSSR count). The van der Waals surface area contributed by atoms with Crippen molar-refractivity contribution in [2.24, 2.45) is 5.73 Å². The van der Waals surface area contributed by atoms with E-state index in [4.69, 9.17) is 15.2 Å². The SMILES string of the molecule is COc1ccc(CN(C)CCN)c(OC)c1. The Kier molecular flexibility index (Phi) is 5.08. The lowest BCUT2D eigenvalue weighted by atomic mass is 10.2. The molecule has 16 heavy (non-hydrogen) atoms. The van der Waals surface area contributed by atoms with Gasteiger partial charge in [0.2, 0.25) is 0 Å². The minimum absolute atomic E-state index is 0.662. The first-order valence-electron chi connectivity index (χ1n) is 5.30. The third kappa shape index (κ3) is 3.40. The summed E-state index contributed by atoms with van der Waals surface area (Å²) in [6.07, 6.45) is 0. The summed E-state index contributed by atoms with van der Waals surface area (Å²) in [5.41, 5.74) is 6.64. The Morgan fingerprint density at radius 2 is 2.00 bits per heavy atom. The number of methoxy groups -OCH3 is 2. The molecule has 0 atom stereocenters. The third-order valence-corrected chi connectivity index (χ3v) is 2.45. The van der Waals surface area contributed by atoms with Crippen LogP contribution in [-0.2, 0) is 6.54 Å². The molecule has 2 N–H and O–H groups in total. The fourth-order valence-electron chi connectivity index (χ4n) is 1.57. The zero-order chi connectivity index (χ0) is 12.0. The maximum Gasteiger partial charge on any atom is 0.127 e. The van der Waals surface area contributed by atoms with Crippen molar-refractivity contribution in [3.63, 3.8) is 0 Å². The summed E-state index contributed by atoms with van der Waals surface area (Å²) < 4.78 is 10.5. The first-order valence-corrected chi connectivity index (χ1v) is 5.30. The van der Waals surface area contributed by atoms with Gasteiger partial charge in [0.1, 0.15) is 11.5 Å². The van der Waals surface area contributed by atoms with Gasteiger partial charge in [-0.25, -0.2) is 0 Å². The van der Waals surface area contributed by atoms with E-state index in [0.29, 0.717) is 6.54 Å². The number of ether oxygens (including phenoxy) is 2. The second-order valence-electron chi connectivity index (χ2n) is 3.70. The molecule has 0 aliphatic carbocycles. The minimum atomic E-state index is 0.662. The lowest BCUT2D eigenvalue weighted by molar-refractivity contribution is 0.324. The van der Waals surface area contributed by atoms with Gasteiger partial charge < -0.3 is 20.1 Å². The number of rotatable bonds is 6. The van der Waals surface area contributed by atoms with Gasteiger partial charge in [-0.3, -0.25) is 0 Å². The van der Waals surface area contributed by atoms with Gasteiger partial charge in [0.25, 0.3) is 0 Å². The van der Waals surface area contributed by atoms with Crippen molar-refractivity contribution in [2.75, 3.05) is 34.4 Å². The highest BCUT2D eigenvalue weighted by molar-refractivity contribution is 5.40. The molecule has 0 aromatic heterocycles. The summed E-state index contributed by atoms with van der Waals surface area (Å²) in [5, 5.41) is 0. The largest absolute Gasteiger partial charge is 0.497 e. The Morgan fingerprint density at radius 1 is 1.25 bits per heavy atom. The molecule has 0 fully saturated rings. The van der Waals surface area contributed by atoms with Gasteiger partial charge in [-0.05, 0) is 13.1 Å². The molecule has 0 heterocycles. The Morgan fingerprint density at radius 3 is 2.56 bits per heavy atom. The maximum atomic E-state index is 5.51. The first kappa shape index (κ1) is 12.8. The van der Waals surface area contributed by atoms with E-state index in [0.717, 1.165) is 30.2 Å². The molecule has 1 aromatic carbocycles. The highest BCUT2D eigenvalue weighted by Gasteiger charge is 2.07. The predicted molar refractivity (Wildman–Crippen MR) is 64.9 cm³/mol. The summed E-state index contributed by atoms with van der Waals surface area (Å²) in [5.74, 6) is 1.66. The molecule has 0 aliphatic rings. The molecule has 0 saturated heterocycles. The second-order valence-corrected chi connectivity index (χ2v) is 3.70. The summed E-state index contributed by atoms with van der Waals surface area (Å²) >= 11 is 0. The Labute approximate surface area is 96.9 Å². The monoisotopic (exact) mass is 224 g/mol. The van der Waals surface area contributed by atoms with Gasteiger partial charge in [-0.15, -0.1) is 0 Å². The molecular formula is C12H20N2O2. The van der Waals surface area contributed by atoms with Crippen LogP contribution in [0.2, 0.25) is 0 Å². The van der Waals surface area contributed by atoms with Crippen LogP contribution in [-0.4, -0.2) is 39.3 Å². The van der Waals surface area contributed by atoms with E-state index in [2.05, 4.69) is 4.90 Å². The molecule has 0 amide bonds. The second kappa shape index (κ2) is 6.35. The fourth-order valence-corrected chi connectivity index (χ4v) is 1.57. The van der Waals surface area contributed by atoms with Crippen LogP contribution in [0.3, 0.4) is 0 Å². The molecule has 4 heteroatoms. The first-order chi connectivity index (χ1) is 7.71. The smallest absolute Gasteiger partial charge is 0.127 e. The van der Waals surface area contributed by atoms with Crippen LogP contribution in [0.25, 0.3) is 0 Å². The van der Waals surface area contributed by atoms with E-state index in [-0.39, 0.29) is 0 Å². The summed E-state index contributed by atoms with van der Waals surface area (Å²) in [7, 11) is 5.35. The van der Waals surface area contributed by atoms with Crippen molar-refractivity contribution in [3.05, 3.63) is 23.8 Å². The fraction of sp³-hybridized carbons (Fsp3) is 0.500. The molecule has 0 saturated carbocycles. The molecule has 0 aliphatic heterocycles. The number of nitrogens with two attached hydrogens (primary N) is 1. The van der Waals surface area contributed by atoms with Crippen LogP contribution in [0, 0.1) is 0 Å². The number of hydrogen-bond acceptors (Lipinski definition) is 4.